The van der Waals surface area contributed by atoms with Gasteiger partial charge >= 0.3 is 0 Å². The van der Waals surface area contributed by atoms with Crippen molar-refractivity contribution in [3.63, 3.8) is 0 Å². The van der Waals surface area contributed by atoms with Crippen LogP contribution in [0, 0.1) is 0 Å². The molecule has 2 N–H and O–H groups in total. The summed E-state index contributed by atoms with van der Waals surface area (Å²) < 4.78 is 37.5. The average Bonchev–Trinajstić information content (AvgIpc) is 2.73. The predicted molar refractivity (Wildman–Crippen MR) is 116 cm³/mol. The van der Waals surface area contributed by atoms with Crippen LogP contribution >= 0.6 is 0 Å². The van der Waals surface area contributed by atoms with Crippen molar-refractivity contribution in [3.8, 4) is 11.5 Å². The zero-order valence-electron chi connectivity index (χ0n) is 17.7. The molecule has 2 aromatic carbocycles. The number of rotatable bonds is 12. The Morgan fingerprint density at radius 3 is 2.27 bits per heavy atom. The highest BCUT2D eigenvalue weighted by Crippen LogP contribution is 2.16. The zero-order chi connectivity index (χ0) is 22.0. The molecule has 0 fully saturated rings. The minimum absolute atomic E-state index is 0.0117. The number of hydrogen-bond donors (Lipinski definition) is 2. The minimum Gasteiger partial charge on any atom is -0.497 e. The molecule has 1 amide bonds. The molecule has 1 unspecified atom stereocenters. The van der Waals surface area contributed by atoms with E-state index in [0.717, 1.165) is 18.6 Å². The van der Waals surface area contributed by atoms with Gasteiger partial charge in [-0.3, -0.25) is 4.79 Å². The second kappa shape index (κ2) is 11.6. The Labute approximate surface area is 178 Å². The van der Waals surface area contributed by atoms with Gasteiger partial charge in [0.2, 0.25) is 15.9 Å². The molecule has 0 saturated heterocycles. The van der Waals surface area contributed by atoms with Crippen LogP contribution in [0.2, 0.25) is 0 Å². The Morgan fingerprint density at radius 2 is 1.67 bits per heavy atom. The summed E-state index contributed by atoms with van der Waals surface area (Å²) in [6.07, 6.45) is 1.69. The van der Waals surface area contributed by atoms with Crippen LogP contribution in [0.1, 0.15) is 32.3 Å². The Kier molecular flexibility index (Phi) is 9.14. The number of benzene rings is 2. The number of nitrogens with one attached hydrogen (secondary N) is 2. The van der Waals surface area contributed by atoms with Gasteiger partial charge in [0, 0.05) is 19.0 Å². The number of hydrogen-bond acceptors (Lipinski definition) is 5. The van der Waals surface area contributed by atoms with Gasteiger partial charge in [-0.15, -0.1) is 0 Å². The van der Waals surface area contributed by atoms with Gasteiger partial charge in [0.1, 0.15) is 11.5 Å². The fraction of sp³-hybridized carbons (Fsp3) is 0.409. The molecule has 30 heavy (non-hydrogen) atoms. The largest absolute Gasteiger partial charge is 0.497 e. The summed E-state index contributed by atoms with van der Waals surface area (Å²) in [5, 5.41) is 2.91. The van der Waals surface area contributed by atoms with Gasteiger partial charge in [-0.25, -0.2) is 13.1 Å². The first kappa shape index (κ1) is 23.7. The van der Waals surface area contributed by atoms with Crippen molar-refractivity contribution >= 4 is 15.9 Å². The molecule has 7 nitrogen and oxygen atoms in total. The van der Waals surface area contributed by atoms with Crippen LogP contribution in [-0.2, 0) is 21.2 Å². The predicted octanol–water partition coefficient (Wildman–Crippen LogP) is 2.90. The quantitative estimate of drug-likeness (QED) is 0.536. The van der Waals surface area contributed by atoms with Gasteiger partial charge in [0.15, 0.2) is 0 Å². The Balaban J connectivity index is 1.72. The zero-order valence-corrected chi connectivity index (χ0v) is 18.5. The molecule has 0 aliphatic rings. The van der Waals surface area contributed by atoms with Crippen LogP contribution in [-0.4, -0.2) is 40.6 Å². The van der Waals surface area contributed by atoms with Crippen molar-refractivity contribution in [3.05, 3.63) is 54.1 Å². The molecule has 0 aliphatic heterocycles. The lowest BCUT2D eigenvalue weighted by Gasteiger charge is -2.14. The van der Waals surface area contributed by atoms with E-state index in [1.807, 2.05) is 38.1 Å². The first-order valence-corrected chi connectivity index (χ1v) is 11.5. The summed E-state index contributed by atoms with van der Waals surface area (Å²) in [7, 11) is -2.03. The second-order valence-electron chi connectivity index (χ2n) is 6.91. The molecular formula is C22H30N2O5S. The first-order valence-electron chi connectivity index (χ1n) is 9.99. The summed E-state index contributed by atoms with van der Waals surface area (Å²) in [6.45, 7) is 4.34. The lowest BCUT2D eigenvalue weighted by molar-refractivity contribution is -0.121. The summed E-state index contributed by atoms with van der Waals surface area (Å²) in [6, 6.07) is 14.0. The van der Waals surface area contributed by atoms with E-state index in [9.17, 15) is 13.2 Å². The third-order valence-corrected chi connectivity index (χ3v) is 6.00. The van der Waals surface area contributed by atoms with E-state index >= 15 is 0 Å². The second-order valence-corrected chi connectivity index (χ2v) is 8.67. The normalized spacial score (nSPS) is 12.2. The third-order valence-electron chi connectivity index (χ3n) is 4.52. The molecule has 0 aromatic heterocycles. The molecule has 0 aliphatic carbocycles. The van der Waals surface area contributed by atoms with Crippen molar-refractivity contribution in [2.24, 2.45) is 0 Å². The molecule has 2 rings (SSSR count). The molecule has 1 atom stereocenters. The number of carbonyl (C=O) groups excluding carboxylic acids is 1. The molecular weight excluding hydrogens is 404 g/mol. The van der Waals surface area contributed by atoms with Crippen LogP contribution in [0.5, 0.6) is 11.5 Å². The number of amides is 1. The van der Waals surface area contributed by atoms with Gasteiger partial charge in [0.25, 0.3) is 0 Å². The number of sulfonamides is 1. The number of aryl methyl sites for hydroxylation is 1. The van der Waals surface area contributed by atoms with Gasteiger partial charge in [-0.1, -0.05) is 12.1 Å². The van der Waals surface area contributed by atoms with Crippen LogP contribution in [0.15, 0.2) is 53.4 Å². The highest BCUT2D eigenvalue weighted by molar-refractivity contribution is 7.89. The fourth-order valence-corrected chi connectivity index (χ4v) is 3.89. The molecule has 0 saturated carbocycles. The average molecular weight is 435 g/mol. The van der Waals surface area contributed by atoms with Crippen LogP contribution in [0.3, 0.4) is 0 Å². The maximum atomic E-state index is 12.3. The molecule has 2 aromatic rings. The van der Waals surface area contributed by atoms with Crippen LogP contribution < -0.4 is 19.5 Å². The molecule has 8 heteroatoms. The van der Waals surface area contributed by atoms with Crippen molar-refractivity contribution in [1.29, 1.82) is 0 Å². The van der Waals surface area contributed by atoms with E-state index in [2.05, 4.69) is 10.0 Å². The lowest BCUT2D eigenvalue weighted by Crippen LogP contribution is -2.35. The smallest absolute Gasteiger partial charge is 0.240 e. The summed E-state index contributed by atoms with van der Waals surface area (Å²) in [5.74, 6) is 1.24. The molecule has 0 bridgehead atoms. The molecule has 0 spiro atoms. The van der Waals surface area contributed by atoms with Crippen molar-refractivity contribution < 1.29 is 22.7 Å². The fourth-order valence-electron chi connectivity index (χ4n) is 2.86. The van der Waals surface area contributed by atoms with Crippen molar-refractivity contribution in [1.82, 2.24) is 10.0 Å². The summed E-state index contributed by atoms with van der Waals surface area (Å²) in [4.78, 5) is 12.2. The third kappa shape index (κ3) is 7.68. The Hall–Kier alpha value is -2.58. The Bertz CT molecular complexity index is 896. The van der Waals surface area contributed by atoms with Gasteiger partial charge in [0.05, 0.1) is 18.6 Å². The topological polar surface area (TPSA) is 93.7 Å². The summed E-state index contributed by atoms with van der Waals surface area (Å²) >= 11 is 0. The minimum atomic E-state index is -3.66. The lowest BCUT2D eigenvalue weighted by atomic mass is 10.1. The summed E-state index contributed by atoms with van der Waals surface area (Å²) in [5.41, 5.74) is 1.17. The van der Waals surface area contributed by atoms with E-state index in [1.165, 1.54) is 17.7 Å². The van der Waals surface area contributed by atoms with E-state index < -0.39 is 10.0 Å². The molecule has 0 heterocycles. The van der Waals surface area contributed by atoms with Gasteiger partial charge < -0.3 is 14.8 Å². The van der Waals surface area contributed by atoms with Crippen LogP contribution in [0.4, 0.5) is 0 Å². The standard InChI is InChI=1S/C22H30N2O5S/c1-4-29-20-11-13-21(14-12-20)30(26,27)23-16-15-22(25)24-17(2)5-6-18-7-9-19(28-3)10-8-18/h7-14,17,23H,4-6,15-16H2,1-3H3,(H,24,25). The van der Waals surface area contributed by atoms with E-state index in [0.29, 0.717) is 12.4 Å². The van der Waals surface area contributed by atoms with E-state index in [1.54, 1.807) is 19.2 Å². The maximum absolute atomic E-state index is 12.3. The van der Waals surface area contributed by atoms with Gasteiger partial charge in [-0.2, -0.15) is 0 Å². The number of ether oxygens (including phenoxy) is 2. The Morgan fingerprint density at radius 1 is 1.03 bits per heavy atom. The van der Waals surface area contributed by atoms with Crippen molar-refractivity contribution in [2.75, 3.05) is 20.3 Å². The molecule has 164 valence electrons. The SMILES string of the molecule is CCOc1ccc(S(=O)(=O)NCCC(=O)NC(C)CCc2ccc(OC)cc2)cc1. The van der Waals surface area contributed by atoms with Gasteiger partial charge in [-0.05, 0) is 68.7 Å². The number of carbonyl (C=O) groups is 1. The van der Waals surface area contributed by atoms with E-state index in [4.69, 9.17) is 9.47 Å². The highest BCUT2D eigenvalue weighted by Gasteiger charge is 2.15. The van der Waals surface area contributed by atoms with Crippen molar-refractivity contribution in [2.45, 2.75) is 44.0 Å². The monoisotopic (exact) mass is 434 g/mol. The highest BCUT2D eigenvalue weighted by atomic mass is 32.2. The first-order chi connectivity index (χ1) is 14.3. The van der Waals surface area contributed by atoms with E-state index in [-0.39, 0.29) is 29.8 Å². The van der Waals surface area contributed by atoms with Crippen LogP contribution in [0.25, 0.3) is 0 Å². The molecule has 0 radical (unpaired) electrons. The maximum Gasteiger partial charge on any atom is 0.240 e. The number of methoxy groups -OCH3 is 1.